The molecule has 0 aromatic carbocycles. The van der Waals surface area contributed by atoms with Crippen LogP contribution in [0.1, 0.15) is 0 Å². The zero-order chi connectivity index (χ0) is 11.5. The summed E-state index contributed by atoms with van der Waals surface area (Å²) in [5.41, 5.74) is -0.0599. The van der Waals surface area contributed by atoms with Crippen molar-refractivity contribution in [3.63, 3.8) is 0 Å². The van der Waals surface area contributed by atoms with Gasteiger partial charge >= 0.3 is 6.18 Å². The molecule has 1 aliphatic rings. The molecule has 0 amide bonds. The number of nitriles is 1. The first-order chi connectivity index (χ1) is 6.99. The second kappa shape index (κ2) is 4.36. The molecule has 0 saturated heterocycles. The lowest BCUT2D eigenvalue weighted by Crippen LogP contribution is -2.35. The summed E-state index contributed by atoms with van der Waals surface area (Å²) in [7, 11) is 0.982. The smallest absolute Gasteiger partial charge is 0.373 e. The third kappa shape index (κ3) is 2.73. The summed E-state index contributed by atoms with van der Waals surface area (Å²) >= 11 is 0. The summed E-state index contributed by atoms with van der Waals surface area (Å²) in [4.78, 5) is 0. The summed E-state index contributed by atoms with van der Waals surface area (Å²) in [5.74, 6) is 0. The lowest BCUT2D eigenvalue weighted by molar-refractivity contribution is -0.199. The standard InChI is InChI=1S/C9H9F3N2O/c1-15-8(9(10,11)12)6-2-3-14-7(4-6)5-13/h2-4,7-8,14H,1H3. The van der Waals surface area contributed by atoms with Gasteiger partial charge in [-0.1, -0.05) is 0 Å². The minimum Gasteiger partial charge on any atom is -0.373 e. The Hall–Kier alpha value is -1.48. The van der Waals surface area contributed by atoms with Gasteiger partial charge in [0.05, 0.1) is 6.07 Å². The number of hydrogen-bond donors (Lipinski definition) is 1. The van der Waals surface area contributed by atoms with E-state index < -0.39 is 18.3 Å². The summed E-state index contributed by atoms with van der Waals surface area (Å²) < 4.78 is 41.7. The van der Waals surface area contributed by atoms with Crippen molar-refractivity contribution < 1.29 is 17.9 Å². The molecule has 1 heterocycles. The highest BCUT2D eigenvalue weighted by atomic mass is 19.4. The Balaban J connectivity index is 2.91. The minimum absolute atomic E-state index is 0.0599. The first kappa shape index (κ1) is 11.6. The monoisotopic (exact) mass is 218 g/mol. The maximum Gasteiger partial charge on any atom is 0.418 e. The Morgan fingerprint density at radius 2 is 2.27 bits per heavy atom. The van der Waals surface area contributed by atoms with Gasteiger partial charge in [-0.3, -0.25) is 0 Å². The van der Waals surface area contributed by atoms with Crippen LogP contribution in [0.2, 0.25) is 0 Å². The van der Waals surface area contributed by atoms with E-state index in [9.17, 15) is 13.2 Å². The van der Waals surface area contributed by atoms with E-state index in [1.807, 2.05) is 0 Å². The number of ether oxygens (including phenoxy) is 1. The highest BCUT2D eigenvalue weighted by Crippen LogP contribution is 2.29. The van der Waals surface area contributed by atoms with Crippen molar-refractivity contribution in [2.75, 3.05) is 7.11 Å². The Morgan fingerprint density at radius 3 is 2.73 bits per heavy atom. The molecular formula is C9H9F3N2O. The molecule has 0 spiro atoms. The van der Waals surface area contributed by atoms with Crippen LogP contribution in [-0.2, 0) is 4.74 Å². The van der Waals surface area contributed by atoms with Crippen molar-refractivity contribution >= 4 is 0 Å². The molecule has 1 N–H and O–H groups in total. The van der Waals surface area contributed by atoms with Crippen molar-refractivity contribution in [3.05, 3.63) is 23.9 Å². The lowest BCUT2D eigenvalue weighted by atomic mass is 10.0. The fraction of sp³-hybridized carbons (Fsp3) is 0.444. The second-order valence-electron chi connectivity index (χ2n) is 2.93. The van der Waals surface area contributed by atoms with E-state index in [4.69, 9.17) is 5.26 Å². The van der Waals surface area contributed by atoms with Crippen molar-refractivity contribution in [2.45, 2.75) is 18.3 Å². The normalized spacial score (nSPS) is 22.6. The molecule has 2 unspecified atom stereocenters. The number of halogens is 3. The van der Waals surface area contributed by atoms with Gasteiger partial charge in [0.25, 0.3) is 0 Å². The van der Waals surface area contributed by atoms with Gasteiger partial charge in [-0.05, 0) is 23.9 Å². The van der Waals surface area contributed by atoms with Gasteiger partial charge in [0.15, 0.2) is 6.10 Å². The average Bonchev–Trinajstić information content (AvgIpc) is 2.17. The molecule has 3 nitrogen and oxygen atoms in total. The zero-order valence-electron chi connectivity index (χ0n) is 7.88. The molecule has 6 heteroatoms. The molecule has 0 bridgehead atoms. The van der Waals surface area contributed by atoms with Crippen LogP contribution in [-0.4, -0.2) is 25.4 Å². The van der Waals surface area contributed by atoms with Crippen molar-refractivity contribution in [1.82, 2.24) is 5.32 Å². The van der Waals surface area contributed by atoms with Gasteiger partial charge < -0.3 is 10.1 Å². The van der Waals surface area contributed by atoms with Crippen LogP contribution in [0, 0.1) is 11.3 Å². The Kier molecular flexibility index (Phi) is 3.37. The number of alkyl halides is 3. The van der Waals surface area contributed by atoms with Crippen LogP contribution < -0.4 is 5.32 Å². The third-order valence-electron chi connectivity index (χ3n) is 1.89. The molecule has 0 aromatic rings. The largest absolute Gasteiger partial charge is 0.418 e. The quantitative estimate of drug-likeness (QED) is 0.763. The van der Waals surface area contributed by atoms with Crippen molar-refractivity contribution in [1.29, 1.82) is 5.26 Å². The van der Waals surface area contributed by atoms with Crippen LogP contribution in [0.3, 0.4) is 0 Å². The molecule has 2 atom stereocenters. The number of nitrogens with one attached hydrogen (secondary N) is 1. The van der Waals surface area contributed by atoms with E-state index in [2.05, 4.69) is 10.1 Å². The van der Waals surface area contributed by atoms with Crippen LogP contribution in [0.4, 0.5) is 13.2 Å². The third-order valence-corrected chi connectivity index (χ3v) is 1.89. The molecule has 0 radical (unpaired) electrons. The molecule has 0 saturated carbocycles. The Labute approximate surface area is 84.8 Å². The maximum atomic E-state index is 12.4. The van der Waals surface area contributed by atoms with Crippen LogP contribution in [0.5, 0.6) is 0 Å². The van der Waals surface area contributed by atoms with Crippen LogP contribution in [0.15, 0.2) is 23.9 Å². The number of hydrogen-bond acceptors (Lipinski definition) is 3. The van der Waals surface area contributed by atoms with E-state index in [1.54, 1.807) is 6.07 Å². The molecule has 0 aromatic heterocycles. The molecule has 82 valence electrons. The molecule has 15 heavy (non-hydrogen) atoms. The Morgan fingerprint density at radius 1 is 1.60 bits per heavy atom. The fourth-order valence-corrected chi connectivity index (χ4v) is 1.25. The Bertz CT molecular complexity index is 327. The molecule has 1 aliphatic heterocycles. The van der Waals surface area contributed by atoms with E-state index in [0.29, 0.717) is 0 Å². The molecular weight excluding hydrogens is 209 g/mol. The number of rotatable bonds is 2. The second-order valence-corrected chi connectivity index (χ2v) is 2.93. The lowest BCUT2D eigenvalue weighted by Gasteiger charge is -2.22. The van der Waals surface area contributed by atoms with Crippen LogP contribution in [0.25, 0.3) is 0 Å². The van der Waals surface area contributed by atoms with Crippen molar-refractivity contribution in [3.8, 4) is 6.07 Å². The molecule has 1 rings (SSSR count). The zero-order valence-corrected chi connectivity index (χ0v) is 7.88. The predicted molar refractivity (Wildman–Crippen MR) is 46.6 cm³/mol. The van der Waals surface area contributed by atoms with Gasteiger partial charge in [-0.25, -0.2) is 0 Å². The SMILES string of the molecule is COC(C1=CC(C#N)NC=C1)C(F)(F)F. The van der Waals surface area contributed by atoms with Crippen LogP contribution >= 0.6 is 0 Å². The van der Waals surface area contributed by atoms with Crippen molar-refractivity contribution in [2.24, 2.45) is 0 Å². The first-order valence-electron chi connectivity index (χ1n) is 4.12. The van der Waals surface area contributed by atoms with E-state index in [-0.39, 0.29) is 5.57 Å². The van der Waals surface area contributed by atoms with Gasteiger partial charge in [0, 0.05) is 7.11 Å². The summed E-state index contributed by atoms with van der Waals surface area (Å²) in [6.07, 6.45) is -2.70. The highest BCUT2D eigenvalue weighted by Gasteiger charge is 2.42. The summed E-state index contributed by atoms with van der Waals surface area (Å²) in [6, 6.07) is 1.06. The van der Waals surface area contributed by atoms with E-state index in [1.165, 1.54) is 18.4 Å². The average molecular weight is 218 g/mol. The molecule has 0 fully saturated rings. The summed E-state index contributed by atoms with van der Waals surface area (Å²) in [6.45, 7) is 0. The van der Waals surface area contributed by atoms with E-state index in [0.717, 1.165) is 7.11 Å². The fourth-order valence-electron chi connectivity index (χ4n) is 1.25. The number of dihydropyridines is 1. The van der Waals surface area contributed by atoms with Gasteiger partial charge in [-0.15, -0.1) is 0 Å². The first-order valence-corrected chi connectivity index (χ1v) is 4.12. The maximum absolute atomic E-state index is 12.4. The van der Waals surface area contributed by atoms with Gasteiger partial charge in [-0.2, -0.15) is 18.4 Å². The highest BCUT2D eigenvalue weighted by molar-refractivity contribution is 5.32. The molecule has 0 aliphatic carbocycles. The van der Waals surface area contributed by atoms with E-state index >= 15 is 0 Å². The summed E-state index contributed by atoms with van der Waals surface area (Å²) in [5, 5.41) is 11.1. The van der Waals surface area contributed by atoms with Gasteiger partial charge in [0.2, 0.25) is 0 Å². The number of nitrogens with zero attached hydrogens (tertiary/aromatic N) is 1. The van der Waals surface area contributed by atoms with Gasteiger partial charge in [0.1, 0.15) is 6.04 Å². The predicted octanol–water partition coefficient (Wildman–Crippen LogP) is 1.50. The minimum atomic E-state index is -4.47. The topological polar surface area (TPSA) is 45.0 Å². The number of methoxy groups -OCH3 is 1.